The number of hydrogen-bond donors (Lipinski definition) is 2. The topological polar surface area (TPSA) is 105 Å². The van der Waals surface area contributed by atoms with Gasteiger partial charge in [0.2, 0.25) is 0 Å². The third-order valence-corrected chi connectivity index (χ3v) is 7.94. The number of carbonyl (C=O) groups excluding carboxylic acids is 1. The van der Waals surface area contributed by atoms with Gasteiger partial charge in [-0.2, -0.15) is 5.10 Å². The molecule has 196 valence electrons. The van der Waals surface area contributed by atoms with Gasteiger partial charge in [0, 0.05) is 0 Å². The molecule has 0 saturated heterocycles. The van der Waals surface area contributed by atoms with Crippen molar-refractivity contribution in [1.82, 2.24) is 30.2 Å². The molecule has 2 aromatic carbocycles. The SMILES string of the molecule is COc1ccc(C2C=C(c3cccs3)NN2C(=O)CSc2nc3c(cnn3-c3ccc(F)cc3)c(=O)[nH]2)cc1. The third-order valence-electron chi connectivity index (χ3n) is 6.18. The molecule has 0 radical (unpaired) electrons. The second-order valence-corrected chi connectivity index (χ2v) is 10.5. The number of nitrogens with zero attached hydrogens (tertiary/aromatic N) is 4. The maximum atomic E-state index is 13.5. The summed E-state index contributed by atoms with van der Waals surface area (Å²) in [6, 6.07) is 16.9. The molecular formula is C27H21FN6O3S2. The van der Waals surface area contributed by atoms with Crippen molar-refractivity contribution in [2.75, 3.05) is 12.9 Å². The van der Waals surface area contributed by atoms with E-state index in [2.05, 4.69) is 20.5 Å². The number of carbonyl (C=O) groups is 1. The van der Waals surface area contributed by atoms with E-state index < -0.39 is 0 Å². The maximum absolute atomic E-state index is 13.5. The summed E-state index contributed by atoms with van der Waals surface area (Å²) < 4.78 is 20.1. The first-order valence-corrected chi connectivity index (χ1v) is 13.7. The van der Waals surface area contributed by atoms with Gasteiger partial charge in [0.15, 0.2) is 10.8 Å². The smallest absolute Gasteiger partial charge is 0.262 e. The van der Waals surface area contributed by atoms with Crippen molar-refractivity contribution in [1.29, 1.82) is 0 Å². The van der Waals surface area contributed by atoms with Gasteiger partial charge in [-0.05, 0) is 59.5 Å². The molecule has 9 nitrogen and oxygen atoms in total. The maximum Gasteiger partial charge on any atom is 0.262 e. The number of hydrazine groups is 1. The fourth-order valence-corrected chi connectivity index (χ4v) is 5.66. The van der Waals surface area contributed by atoms with E-state index in [-0.39, 0.29) is 34.2 Å². The number of aromatic amines is 1. The lowest BCUT2D eigenvalue weighted by molar-refractivity contribution is -0.131. The van der Waals surface area contributed by atoms with E-state index in [0.717, 1.165) is 33.6 Å². The molecule has 12 heteroatoms. The Morgan fingerprint density at radius 1 is 1.15 bits per heavy atom. The van der Waals surface area contributed by atoms with E-state index in [0.29, 0.717) is 16.7 Å². The monoisotopic (exact) mass is 560 g/mol. The molecule has 6 rings (SSSR count). The van der Waals surface area contributed by atoms with Gasteiger partial charge in [0.1, 0.15) is 17.0 Å². The molecule has 0 saturated carbocycles. The fraction of sp³-hybridized carbons (Fsp3) is 0.111. The van der Waals surface area contributed by atoms with Crippen molar-refractivity contribution in [3.05, 3.63) is 105 Å². The molecule has 1 amide bonds. The Kier molecular flexibility index (Phi) is 6.63. The molecule has 39 heavy (non-hydrogen) atoms. The Labute approximate surface area is 229 Å². The second kappa shape index (κ2) is 10.4. The number of nitrogens with one attached hydrogen (secondary N) is 2. The van der Waals surface area contributed by atoms with E-state index in [9.17, 15) is 14.0 Å². The predicted molar refractivity (Wildman–Crippen MR) is 148 cm³/mol. The molecule has 0 fully saturated rings. The standard InChI is InChI=1S/C27H21FN6O3S2/c1-37-19-10-4-16(5-11-19)22-13-21(23-3-2-12-38-23)32-34(22)24(35)15-39-27-30-25-20(26(36)31-27)14-29-33(25)18-8-6-17(28)7-9-18/h2-14,22,32H,15H2,1H3,(H,30,31,36). The number of fused-ring (bicyclic) bond motifs is 1. The highest BCUT2D eigenvalue weighted by molar-refractivity contribution is 7.99. The number of methoxy groups -OCH3 is 1. The first-order chi connectivity index (χ1) is 19.0. The van der Waals surface area contributed by atoms with Crippen LogP contribution in [0, 0.1) is 5.82 Å². The van der Waals surface area contributed by atoms with Gasteiger partial charge in [-0.3, -0.25) is 15.0 Å². The van der Waals surface area contributed by atoms with Crippen LogP contribution >= 0.6 is 23.1 Å². The summed E-state index contributed by atoms with van der Waals surface area (Å²) in [7, 11) is 1.61. The van der Waals surface area contributed by atoms with Crippen molar-refractivity contribution in [3.63, 3.8) is 0 Å². The van der Waals surface area contributed by atoms with Crippen LogP contribution in [0.1, 0.15) is 16.5 Å². The summed E-state index contributed by atoms with van der Waals surface area (Å²) in [5, 5.41) is 8.38. The second-order valence-electron chi connectivity index (χ2n) is 8.58. The van der Waals surface area contributed by atoms with Crippen molar-refractivity contribution in [3.8, 4) is 11.4 Å². The minimum atomic E-state index is -0.379. The van der Waals surface area contributed by atoms with Crippen molar-refractivity contribution in [2.24, 2.45) is 0 Å². The number of thioether (sulfide) groups is 1. The van der Waals surface area contributed by atoms with Gasteiger partial charge in [-0.25, -0.2) is 19.1 Å². The van der Waals surface area contributed by atoms with Crippen LogP contribution in [0.3, 0.4) is 0 Å². The Hall–Kier alpha value is -4.42. The summed E-state index contributed by atoms with van der Waals surface area (Å²) >= 11 is 2.70. The van der Waals surface area contributed by atoms with Gasteiger partial charge in [0.05, 0.1) is 41.4 Å². The van der Waals surface area contributed by atoms with Gasteiger partial charge in [-0.1, -0.05) is 30.0 Å². The minimum Gasteiger partial charge on any atom is -0.497 e. The molecule has 0 bridgehead atoms. The highest BCUT2D eigenvalue weighted by Gasteiger charge is 2.31. The molecule has 2 N–H and O–H groups in total. The Morgan fingerprint density at radius 3 is 2.67 bits per heavy atom. The van der Waals surface area contributed by atoms with Crippen LogP contribution in [0.25, 0.3) is 22.4 Å². The van der Waals surface area contributed by atoms with Crippen molar-refractivity contribution < 1.29 is 13.9 Å². The molecule has 0 spiro atoms. The summed E-state index contributed by atoms with van der Waals surface area (Å²) in [6.45, 7) is 0. The first kappa shape index (κ1) is 24.9. The average molecular weight is 561 g/mol. The van der Waals surface area contributed by atoms with E-state index in [1.807, 2.05) is 47.9 Å². The lowest BCUT2D eigenvalue weighted by atomic mass is 10.1. The van der Waals surface area contributed by atoms with Gasteiger partial charge < -0.3 is 9.72 Å². The zero-order chi connectivity index (χ0) is 26.9. The predicted octanol–water partition coefficient (Wildman–Crippen LogP) is 4.54. The molecule has 1 aliphatic rings. The number of ether oxygens (including phenoxy) is 1. The number of rotatable bonds is 7. The van der Waals surface area contributed by atoms with Gasteiger partial charge in [-0.15, -0.1) is 11.3 Å². The zero-order valence-electron chi connectivity index (χ0n) is 20.5. The lowest BCUT2D eigenvalue weighted by Crippen LogP contribution is -2.40. The summed E-state index contributed by atoms with van der Waals surface area (Å²) in [6.07, 6.45) is 3.43. The van der Waals surface area contributed by atoms with E-state index >= 15 is 0 Å². The van der Waals surface area contributed by atoms with Crippen LogP contribution in [0.15, 0.2) is 88.3 Å². The molecule has 4 heterocycles. The van der Waals surface area contributed by atoms with E-state index in [1.54, 1.807) is 35.6 Å². The van der Waals surface area contributed by atoms with E-state index in [1.165, 1.54) is 23.0 Å². The largest absolute Gasteiger partial charge is 0.497 e. The molecule has 3 aromatic heterocycles. The van der Waals surface area contributed by atoms with Gasteiger partial charge in [0.25, 0.3) is 11.5 Å². The minimum absolute atomic E-state index is 0.0182. The molecule has 0 aliphatic carbocycles. The van der Waals surface area contributed by atoms with Crippen molar-refractivity contribution >= 4 is 45.7 Å². The number of aromatic nitrogens is 4. The van der Waals surface area contributed by atoms with Crippen LogP contribution in [0.4, 0.5) is 4.39 Å². The van der Waals surface area contributed by atoms with Crippen LogP contribution in [0.5, 0.6) is 5.75 Å². The summed E-state index contributed by atoms with van der Waals surface area (Å²) in [5.74, 6) is 0.171. The Balaban J connectivity index is 1.25. The van der Waals surface area contributed by atoms with Gasteiger partial charge >= 0.3 is 0 Å². The lowest BCUT2D eigenvalue weighted by Gasteiger charge is -2.25. The number of halogens is 1. The zero-order valence-corrected chi connectivity index (χ0v) is 22.1. The van der Waals surface area contributed by atoms with Crippen LogP contribution in [-0.2, 0) is 4.79 Å². The fourth-order valence-electron chi connectivity index (χ4n) is 4.24. The molecular weight excluding hydrogens is 539 g/mol. The highest BCUT2D eigenvalue weighted by Crippen LogP contribution is 2.34. The van der Waals surface area contributed by atoms with Crippen LogP contribution in [0.2, 0.25) is 0 Å². The molecule has 5 aromatic rings. The third kappa shape index (κ3) is 4.91. The molecule has 1 atom stereocenters. The number of thiophene rings is 1. The first-order valence-electron chi connectivity index (χ1n) is 11.9. The van der Waals surface area contributed by atoms with Crippen molar-refractivity contribution in [2.45, 2.75) is 11.2 Å². The normalized spacial score (nSPS) is 14.9. The highest BCUT2D eigenvalue weighted by atomic mass is 32.2. The number of hydrogen-bond acceptors (Lipinski definition) is 8. The number of H-pyrrole nitrogens is 1. The number of amides is 1. The van der Waals surface area contributed by atoms with Crippen LogP contribution in [-0.4, -0.2) is 43.5 Å². The average Bonchev–Trinajstić information content (AvgIpc) is 3.72. The van der Waals surface area contributed by atoms with E-state index in [4.69, 9.17) is 4.74 Å². The summed E-state index contributed by atoms with van der Waals surface area (Å²) in [5.41, 5.74) is 5.53. The molecule has 1 aliphatic heterocycles. The Bertz CT molecular complexity index is 1730. The summed E-state index contributed by atoms with van der Waals surface area (Å²) in [4.78, 5) is 34.5. The molecule has 1 unspecified atom stereocenters. The Morgan fingerprint density at radius 2 is 1.95 bits per heavy atom. The van der Waals surface area contributed by atoms with Crippen LogP contribution < -0.4 is 15.7 Å². The number of benzene rings is 2. The quantitative estimate of drug-likeness (QED) is 0.222.